The topological polar surface area (TPSA) is 85.8 Å². The van der Waals surface area contributed by atoms with Gasteiger partial charge in [0.2, 0.25) is 11.1 Å². The minimum absolute atomic E-state index is 0.0108. The Morgan fingerprint density at radius 1 is 1.31 bits per heavy atom. The van der Waals surface area contributed by atoms with Gasteiger partial charge in [0.05, 0.1) is 5.25 Å². The van der Waals surface area contributed by atoms with Crippen LogP contribution in [0.1, 0.15) is 39.0 Å². The SMILES string of the molecule is C[C@H](Sc1nnc(-c2ccc(Cl)cc2)n1N)C(=O)NCC1CCCCC1. The Morgan fingerprint density at radius 2 is 2.00 bits per heavy atom. The van der Waals surface area contributed by atoms with Crippen LogP contribution in [0.5, 0.6) is 0 Å². The predicted molar refractivity (Wildman–Crippen MR) is 106 cm³/mol. The summed E-state index contributed by atoms with van der Waals surface area (Å²) in [7, 11) is 0. The van der Waals surface area contributed by atoms with E-state index in [0.29, 0.717) is 21.9 Å². The first-order valence-electron chi connectivity index (χ1n) is 8.95. The molecule has 2 aromatic rings. The minimum Gasteiger partial charge on any atom is -0.355 e. The van der Waals surface area contributed by atoms with Crippen molar-refractivity contribution in [2.45, 2.75) is 49.4 Å². The molecule has 0 spiro atoms. The number of nitrogen functional groups attached to an aromatic ring is 1. The van der Waals surface area contributed by atoms with E-state index in [1.54, 1.807) is 12.1 Å². The van der Waals surface area contributed by atoms with Crippen molar-refractivity contribution in [2.24, 2.45) is 5.92 Å². The number of halogens is 1. The lowest BCUT2D eigenvalue weighted by Gasteiger charge is -2.22. The highest BCUT2D eigenvalue weighted by Crippen LogP contribution is 2.26. The van der Waals surface area contributed by atoms with Crippen LogP contribution in [0.25, 0.3) is 11.4 Å². The molecular formula is C18H24ClN5OS. The Labute approximate surface area is 162 Å². The second-order valence-electron chi connectivity index (χ2n) is 6.69. The number of nitrogens with zero attached hydrogens (tertiary/aromatic N) is 3. The zero-order chi connectivity index (χ0) is 18.5. The van der Waals surface area contributed by atoms with Crippen molar-refractivity contribution in [3.8, 4) is 11.4 Å². The fraction of sp³-hybridized carbons (Fsp3) is 0.500. The molecule has 0 saturated heterocycles. The lowest BCUT2D eigenvalue weighted by molar-refractivity contribution is -0.120. The molecule has 1 aliphatic carbocycles. The average Bonchev–Trinajstić information content (AvgIpc) is 3.01. The Morgan fingerprint density at radius 3 is 2.69 bits per heavy atom. The van der Waals surface area contributed by atoms with E-state index in [2.05, 4.69) is 15.5 Å². The highest BCUT2D eigenvalue weighted by molar-refractivity contribution is 8.00. The predicted octanol–water partition coefficient (Wildman–Crippen LogP) is 3.49. The smallest absolute Gasteiger partial charge is 0.233 e. The molecule has 0 radical (unpaired) electrons. The molecule has 1 fully saturated rings. The van der Waals surface area contributed by atoms with E-state index in [0.717, 1.165) is 12.1 Å². The maximum Gasteiger partial charge on any atom is 0.233 e. The molecule has 1 aromatic heterocycles. The van der Waals surface area contributed by atoms with Crippen molar-refractivity contribution in [1.29, 1.82) is 0 Å². The van der Waals surface area contributed by atoms with Gasteiger partial charge in [0, 0.05) is 17.1 Å². The molecule has 3 rings (SSSR count). The van der Waals surface area contributed by atoms with Crippen LogP contribution in [0.3, 0.4) is 0 Å². The van der Waals surface area contributed by atoms with Gasteiger partial charge in [-0.15, -0.1) is 10.2 Å². The first-order valence-corrected chi connectivity index (χ1v) is 10.2. The van der Waals surface area contributed by atoms with Gasteiger partial charge in [-0.25, -0.2) is 4.68 Å². The second kappa shape index (κ2) is 8.77. The van der Waals surface area contributed by atoms with E-state index in [-0.39, 0.29) is 11.2 Å². The van der Waals surface area contributed by atoms with Crippen LogP contribution < -0.4 is 11.2 Å². The van der Waals surface area contributed by atoms with Crippen LogP contribution in [0.4, 0.5) is 0 Å². The fourth-order valence-corrected chi connectivity index (χ4v) is 4.07. The third-order valence-electron chi connectivity index (χ3n) is 4.71. The maximum absolute atomic E-state index is 12.4. The molecule has 1 heterocycles. The number of carbonyl (C=O) groups is 1. The number of aromatic nitrogens is 3. The van der Waals surface area contributed by atoms with Gasteiger partial charge in [0.15, 0.2) is 5.82 Å². The highest BCUT2D eigenvalue weighted by Gasteiger charge is 2.21. The summed E-state index contributed by atoms with van der Waals surface area (Å²) in [6, 6.07) is 7.23. The standard InChI is InChI=1S/C18H24ClN5OS/c1-12(17(25)21-11-13-5-3-2-4-6-13)26-18-23-22-16(24(18)20)14-7-9-15(19)10-8-14/h7-10,12-13H,2-6,11,20H2,1H3,(H,21,25)/t12-/m0/s1. The number of nitrogens with two attached hydrogens (primary N) is 1. The summed E-state index contributed by atoms with van der Waals surface area (Å²) in [5.41, 5.74) is 0.825. The van der Waals surface area contributed by atoms with Crippen molar-refractivity contribution < 1.29 is 4.79 Å². The van der Waals surface area contributed by atoms with E-state index < -0.39 is 0 Å². The van der Waals surface area contributed by atoms with Gasteiger partial charge in [0.1, 0.15) is 0 Å². The number of nitrogens with one attached hydrogen (secondary N) is 1. The van der Waals surface area contributed by atoms with Crippen LogP contribution in [-0.4, -0.2) is 32.6 Å². The summed E-state index contributed by atoms with van der Waals surface area (Å²) in [4.78, 5) is 12.4. The van der Waals surface area contributed by atoms with E-state index in [1.807, 2.05) is 19.1 Å². The average molecular weight is 394 g/mol. The van der Waals surface area contributed by atoms with Gasteiger partial charge in [0.25, 0.3) is 0 Å². The van der Waals surface area contributed by atoms with Crippen molar-refractivity contribution in [3.63, 3.8) is 0 Å². The van der Waals surface area contributed by atoms with E-state index >= 15 is 0 Å². The molecule has 140 valence electrons. The molecule has 6 nitrogen and oxygen atoms in total. The summed E-state index contributed by atoms with van der Waals surface area (Å²) >= 11 is 7.22. The van der Waals surface area contributed by atoms with Crippen LogP contribution in [0.2, 0.25) is 5.02 Å². The molecule has 1 aromatic carbocycles. The van der Waals surface area contributed by atoms with Gasteiger partial charge in [-0.2, -0.15) is 0 Å². The van der Waals surface area contributed by atoms with Gasteiger partial charge in [-0.3, -0.25) is 4.79 Å². The minimum atomic E-state index is -0.289. The van der Waals surface area contributed by atoms with E-state index in [9.17, 15) is 4.79 Å². The molecule has 0 unspecified atom stereocenters. The lowest BCUT2D eigenvalue weighted by atomic mass is 9.89. The normalized spacial score (nSPS) is 16.4. The van der Waals surface area contributed by atoms with Crippen LogP contribution in [-0.2, 0) is 4.79 Å². The number of rotatable bonds is 6. The molecule has 26 heavy (non-hydrogen) atoms. The summed E-state index contributed by atoms with van der Waals surface area (Å²) in [6.45, 7) is 2.62. The monoisotopic (exact) mass is 393 g/mol. The molecule has 1 saturated carbocycles. The number of thioether (sulfide) groups is 1. The third-order valence-corrected chi connectivity index (χ3v) is 6.02. The van der Waals surface area contributed by atoms with Gasteiger partial charge < -0.3 is 11.2 Å². The molecule has 1 atom stereocenters. The van der Waals surface area contributed by atoms with E-state index in [4.69, 9.17) is 17.4 Å². The van der Waals surface area contributed by atoms with Gasteiger partial charge in [-0.05, 0) is 49.9 Å². The Hall–Kier alpha value is -1.73. The zero-order valence-corrected chi connectivity index (χ0v) is 16.4. The highest BCUT2D eigenvalue weighted by atomic mass is 35.5. The van der Waals surface area contributed by atoms with Gasteiger partial charge in [-0.1, -0.05) is 42.6 Å². The largest absolute Gasteiger partial charge is 0.355 e. The Kier molecular flexibility index (Phi) is 6.43. The summed E-state index contributed by atoms with van der Waals surface area (Å²) in [5.74, 6) is 7.28. The fourth-order valence-electron chi connectivity index (χ4n) is 3.14. The maximum atomic E-state index is 12.4. The van der Waals surface area contributed by atoms with Crippen molar-refractivity contribution >= 4 is 29.3 Å². The first-order chi connectivity index (χ1) is 12.5. The molecule has 1 amide bonds. The summed E-state index contributed by atoms with van der Waals surface area (Å²) in [5, 5.41) is 12.2. The third kappa shape index (κ3) is 4.71. The van der Waals surface area contributed by atoms with Crippen LogP contribution >= 0.6 is 23.4 Å². The van der Waals surface area contributed by atoms with Gasteiger partial charge >= 0.3 is 0 Å². The Bertz CT molecular complexity index is 743. The second-order valence-corrected chi connectivity index (χ2v) is 8.44. The van der Waals surface area contributed by atoms with Crippen LogP contribution in [0, 0.1) is 5.92 Å². The molecule has 8 heteroatoms. The molecular weight excluding hydrogens is 370 g/mol. The number of benzene rings is 1. The molecule has 1 aliphatic rings. The quantitative estimate of drug-likeness (QED) is 0.579. The van der Waals surface area contributed by atoms with E-state index in [1.165, 1.54) is 48.5 Å². The van der Waals surface area contributed by atoms with Crippen LogP contribution in [0.15, 0.2) is 29.4 Å². The first kappa shape index (κ1) is 19.0. The summed E-state index contributed by atoms with van der Waals surface area (Å²) in [6.07, 6.45) is 6.29. The number of hydrogen-bond donors (Lipinski definition) is 2. The molecule has 0 aliphatic heterocycles. The van der Waals surface area contributed by atoms with Crippen molar-refractivity contribution in [3.05, 3.63) is 29.3 Å². The number of carbonyl (C=O) groups excluding carboxylic acids is 1. The molecule has 3 N–H and O–H groups in total. The Balaban J connectivity index is 1.57. The van der Waals surface area contributed by atoms with Crippen molar-refractivity contribution in [2.75, 3.05) is 12.4 Å². The number of amides is 1. The number of hydrogen-bond acceptors (Lipinski definition) is 5. The summed E-state index contributed by atoms with van der Waals surface area (Å²) < 4.78 is 1.42. The lowest BCUT2D eigenvalue weighted by Crippen LogP contribution is -2.35. The van der Waals surface area contributed by atoms with Crippen molar-refractivity contribution in [1.82, 2.24) is 20.2 Å². The molecule has 0 bridgehead atoms. The zero-order valence-electron chi connectivity index (χ0n) is 14.8.